The van der Waals surface area contributed by atoms with E-state index in [-0.39, 0.29) is 10.5 Å². The molecule has 0 saturated heterocycles. The highest BCUT2D eigenvalue weighted by Gasteiger charge is 2.18. The maximum Gasteiger partial charge on any atom is 0.261 e. The van der Waals surface area contributed by atoms with Gasteiger partial charge in [-0.25, -0.2) is 8.42 Å². The van der Waals surface area contributed by atoms with Crippen molar-refractivity contribution < 1.29 is 22.7 Å². The SMILES string of the molecule is COc1cccc(C(=O)Nc2ccc(S(=O)(=O)Nc3cccc(Cl)c3)cc2)c1OC. The summed E-state index contributed by atoms with van der Waals surface area (Å²) in [6.07, 6.45) is 0. The predicted molar refractivity (Wildman–Crippen MR) is 116 cm³/mol. The van der Waals surface area contributed by atoms with Crippen LogP contribution in [-0.2, 0) is 10.0 Å². The van der Waals surface area contributed by atoms with Gasteiger partial charge in [0, 0.05) is 10.7 Å². The van der Waals surface area contributed by atoms with Crippen molar-refractivity contribution in [2.24, 2.45) is 0 Å². The quantitative estimate of drug-likeness (QED) is 0.560. The molecular weight excluding hydrogens is 428 g/mol. The fourth-order valence-corrected chi connectivity index (χ4v) is 3.99. The van der Waals surface area contributed by atoms with Crippen LogP contribution in [-0.4, -0.2) is 28.5 Å². The lowest BCUT2D eigenvalue weighted by molar-refractivity contribution is 0.102. The molecule has 0 bridgehead atoms. The lowest BCUT2D eigenvalue weighted by Crippen LogP contribution is -2.15. The number of rotatable bonds is 7. The molecule has 156 valence electrons. The Balaban J connectivity index is 1.77. The third kappa shape index (κ3) is 4.84. The summed E-state index contributed by atoms with van der Waals surface area (Å²) in [6.45, 7) is 0. The highest BCUT2D eigenvalue weighted by Crippen LogP contribution is 2.31. The van der Waals surface area contributed by atoms with Gasteiger partial charge in [0.25, 0.3) is 15.9 Å². The second kappa shape index (κ2) is 9.06. The molecule has 3 rings (SSSR count). The van der Waals surface area contributed by atoms with Gasteiger partial charge in [-0.1, -0.05) is 23.7 Å². The number of benzene rings is 3. The van der Waals surface area contributed by atoms with Gasteiger partial charge in [0.1, 0.15) is 0 Å². The van der Waals surface area contributed by atoms with Crippen molar-refractivity contribution in [1.29, 1.82) is 0 Å². The molecular formula is C21H19ClN2O5S. The van der Waals surface area contributed by atoms with E-state index < -0.39 is 15.9 Å². The Morgan fingerprint density at radius 2 is 1.60 bits per heavy atom. The number of halogens is 1. The van der Waals surface area contributed by atoms with E-state index in [2.05, 4.69) is 10.0 Å². The maximum atomic E-state index is 12.6. The van der Waals surface area contributed by atoms with Crippen LogP contribution in [0.25, 0.3) is 0 Å². The van der Waals surface area contributed by atoms with Crippen molar-refractivity contribution in [2.75, 3.05) is 24.3 Å². The van der Waals surface area contributed by atoms with E-state index in [1.807, 2.05) is 0 Å². The minimum Gasteiger partial charge on any atom is -0.493 e. The van der Waals surface area contributed by atoms with E-state index in [0.29, 0.717) is 27.9 Å². The van der Waals surface area contributed by atoms with Crippen LogP contribution in [0.2, 0.25) is 5.02 Å². The number of carbonyl (C=O) groups is 1. The summed E-state index contributed by atoms with van der Waals surface area (Å²) >= 11 is 5.89. The molecule has 0 unspecified atom stereocenters. The Labute approximate surface area is 179 Å². The Kier molecular flexibility index (Phi) is 6.49. The van der Waals surface area contributed by atoms with Gasteiger partial charge < -0.3 is 14.8 Å². The topological polar surface area (TPSA) is 93.7 Å². The molecule has 2 N–H and O–H groups in total. The number of hydrogen-bond donors (Lipinski definition) is 2. The molecule has 0 atom stereocenters. The molecule has 3 aromatic rings. The van der Waals surface area contributed by atoms with Crippen LogP contribution in [0.3, 0.4) is 0 Å². The summed E-state index contributed by atoms with van der Waals surface area (Å²) in [7, 11) is -0.877. The van der Waals surface area contributed by atoms with Crippen molar-refractivity contribution in [3.05, 3.63) is 77.3 Å². The first-order valence-corrected chi connectivity index (χ1v) is 10.6. The molecule has 1 amide bonds. The molecule has 0 fully saturated rings. The monoisotopic (exact) mass is 446 g/mol. The largest absolute Gasteiger partial charge is 0.493 e. The zero-order valence-corrected chi connectivity index (χ0v) is 17.8. The van der Waals surface area contributed by atoms with Crippen LogP contribution >= 0.6 is 11.6 Å². The van der Waals surface area contributed by atoms with Gasteiger partial charge in [0.05, 0.1) is 30.4 Å². The predicted octanol–water partition coefficient (Wildman–Crippen LogP) is 4.41. The second-order valence-electron chi connectivity index (χ2n) is 6.14. The van der Waals surface area contributed by atoms with Crippen molar-refractivity contribution in [2.45, 2.75) is 4.90 Å². The van der Waals surface area contributed by atoms with Crippen molar-refractivity contribution in [3.63, 3.8) is 0 Å². The zero-order valence-electron chi connectivity index (χ0n) is 16.2. The number of carbonyl (C=O) groups excluding carboxylic acids is 1. The van der Waals surface area contributed by atoms with Gasteiger partial charge in [-0.05, 0) is 54.6 Å². The zero-order chi connectivity index (χ0) is 21.7. The van der Waals surface area contributed by atoms with Crippen molar-refractivity contribution in [1.82, 2.24) is 0 Å². The van der Waals surface area contributed by atoms with Crippen LogP contribution in [0.5, 0.6) is 11.5 Å². The van der Waals surface area contributed by atoms with Crippen LogP contribution in [0, 0.1) is 0 Å². The summed E-state index contributed by atoms with van der Waals surface area (Å²) in [4.78, 5) is 12.7. The molecule has 0 heterocycles. The minimum atomic E-state index is -3.81. The molecule has 30 heavy (non-hydrogen) atoms. The number of methoxy groups -OCH3 is 2. The number of nitrogens with one attached hydrogen (secondary N) is 2. The van der Waals surface area contributed by atoms with Gasteiger partial charge in [-0.15, -0.1) is 0 Å². The summed E-state index contributed by atoms with van der Waals surface area (Å²) in [5.74, 6) is 0.319. The van der Waals surface area contributed by atoms with Crippen LogP contribution in [0.15, 0.2) is 71.6 Å². The first-order valence-electron chi connectivity index (χ1n) is 8.75. The number of para-hydroxylation sites is 1. The molecule has 0 spiro atoms. The fraction of sp³-hybridized carbons (Fsp3) is 0.0952. The van der Waals surface area contributed by atoms with E-state index in [4.69, 9.17) is 21.1 Å². The lowest BCUT2D eigenvalue weighted by Gasteiger charge is -2.13. The Morgan fingerprint density at radius 3 is 2.23 bits per heavy atom. The molecule has 0 aromatic heterocycles. The van der Waals surface area contributed by atoms with Gasteiger partial charge in [-0.3, -0.25) is 9.52 Å². The molecule has 0 aliphatic carbocycles. The summed E-state index contributed by atoms with van der Waals surface area (Å²) < 4.78 is 38.0. The third-order valence-electron chi connectivity index (χ3n) is 4.15. The van der Waals surface area contributed by atoms with E-state index in [9.17, 15) is 13.2 Å². The third-order valence-corrected chi connectivity index (χ3v) is 5.78. The normalized spacial score (nSPS) is 10.9. The minimum absolute atomic E-state index is 0.0411. The first-order chi connectivity index (χ1) is 14.3. The highest BCUT2D eigenvalue weighted by molar-refractivity contribution is 7.92. The van der Waals surface area contributed by atoms with Crippen LogP contribution in [0.1, 0.15) is 10.4 Å². The summed E-state index contributed by atoms with van der Waals surface area (Å²) in [6, 6.07) is 17.1. The molecule has 0 aliphatic rings. The number of hydrogen-bond acceptors (Lipinski definition) is 5. The highest BCUT2D eigenvalue weighted by atomic mass is 35.5. The number of amides is 1. The molecule has 9 heteroatoms. The molecule has 0 radical (unpaired) electrons. The van der Waals surface area contributed by atoms with Crippen LogP contribution in [0.4, 0.5) is 11.4 Å². The molecule has 7 nitrogen and oxygen atoms in total. The molecule has 3 aromatic carbocycles. The fourth-order valence-electron chi connectivity index (χ4n) is 2.75. The van der Waals surface area contributed by atoms with E-state index in [1.54, 1.807) is 36.4 Å². The van der Waals surface area contributed by atoms with Gasteiger partial charge in [0.2, 0.25) is 0 Å². The smallest absolute Gasteiger partial charge is 0.261 e. The number of anilines is 2. The van der Waals surface area contributed by atoms with Gasteiger partial charge in [0.15, 0.2) is 11.5 Å². The Bertz CT molecular complexity index is 1160. The standard InChI is InChI=1S/C21H19ClN2O5S/c1-28-19-8-4-7-18(20(19)29-2)21(25)23-15-9-11-17(12-10-15)30(26,27)24-16-6-3-5-14(22)13-16/h3-13,24H,1-2H3,(H,23,25). The second-order valence-corrected chi connectivity index (χ2v) is 8.25. The van der Waals surface area contributed by atoms with Crippen molar-refractivity contribution in [3.8, 4) is 11.5 Å². The summed E-state index contributed by atoms with van der Waals surface area (Å²) in [5, 5.41) is 3.13. The van der Waals surface area contributed by atoms with E-state index >= 15 is 0 Å². The Morgan fingerprint density at radius 1 is 0.900 bits per heavy atom. The Hall–Kier alpha value is -3.23. The number of ether oxygens (including phenoxy) is 2. The maximum absolute atomic E-state index is 12.6. The summed E-state index contributed by atoms with van der Waals surface area (Å²) in [5.41, 5.74) is 1.06. The van der Waals surface area contributed by atoms with E-state index in [1.165, 1.54) is 44.6 Å². The van der Waals surface area contributed by atoms with Gasteiger partial charge >= 0.3 is 0 Å². The van der Waals surface area contributed by atoms with E-state index in [0.717, 1.165) is 0 Å². The molecule has 0 saturated carbocycles. The first kappa shape index (κ1) is 21.5. The lowest BCUT2D eigenvalue weighted by atomic mass is 10.1. The number of sulfonamides is 1. The van der Waals surface area contributed by atoms with Gasteiger partial charge in [-0.2, -0.15) is 0 Å². The average molecular weight is 447 g/mol. The average Bonchev–Trinajstić information content (AvgIpc) is 2.73. The van der Waals surface area contributed by atoms with Crippen molar-refractivity contribution >= 4 is 38.9 Å². The van der Waals surface area contributed by atoms with Crippen LogP contribution < -0.4 is 19.5 Å². The molecule has 0 aliphatic heterocycles.